The molecule has 1 aliphatic heterocycles. The molecule has 4 rings (SSSR count). The van der Waals surface area contributed by atoms with Gasteiger partial charge in [-0.05, 0) is 18.2 Å². The molecule has 8 nitrogen and oxygen atoms in total. The fraction of sp³-hybridized carbons (Fsp3) is 0.133. The summed E-state index contributed by atoms with van der Waals surface area (Å²) in [6.07, 6.45) is 1.45. The average molecular weight is 313 g/mol. The van der Waals surface area contributed by atoms with Crippen LogP contribution in [0.5, 0.6) is 11.5 Å². The van der Waals surface area contributed by atoms with E-state index in [0.717, 1.165) is 5.56 Å². The van der Waals surface area contributed by atoms with Crippen molar-refractivity contribution in [2.45, 2.75) is 6.42 Å². The maximum atomic E-state index is 11.9. The van der Waals surface area contributed by atoms with Crippen molar-refractivity contribution in [1.29, 1.82) is 0 Å². The van der Waals surface area contributed by atoms with Crippen molar-refractivity contribution in [3.63, 3.8) is 0 Å². The summed E-state index contributed by atoms with van der Waals surface area (Å²) in [5.74, 6) is 2.00. The van der Waals surface area contributed by atoms with Gasteiger partial charge in [-0.15, -0.1) is 0 Å². The molecule has 0 saturated heterocycles. The van der Waals surface area contributed by atoms with Crippen molar-refractivity contribution in [2.24, 2.45) is 0 Å². The second-order valence-corrected chi connectivity index (χ2v) is 4.86. The lowest BCUT2D eigenvalue weighted by Gasteiger charge is -1.98. The minimum atomic E-state index is -0.260. The smallest absolute Gasteiger partial charge is 0.231 e. The van der Waals surface area contributed by atoms with E-state index in [1.807, 2.05) is 12.1 Å². The minimum absolute atomic E-state index is 0.0703. The standard InChI is InChI=1S/C15H11N3O5/c19-15(16-14-3-4-22-18-14)7-10-6-12(23-17-10)9-1-2-11-13(5-9)21-8-20-11/h1-6H,7-8H2,(H,16,18,19). The first kappa shape index (κ1) is 13.4. The summed E-state index contributed by atoms with van der Waals surface area (Å²) >= 11 is 0. The van der Waals surface area contributed by atoms with E-state index in [0.29, 0.717) is 28.8 Å². The first-order chi connectivity index (χ1) is 11.3. The lowest BCUT2D eigenvalue weighted by atomic mass is 10.1. The average Bonchev–Trinajstić information content (AvgIpc) is 3.27. The van der Waals surface area contributed by atoms with E-state index < -0.39 is 0 Å². The molecule has 3 heterocycles. The molecule has 23 heavy (non-hydrogen) atoms. The Hall–Kier alpha value is -3.29. The van der Waals surface area contributed by atoms with Gasteiger partial charge >= 0.3 is 0 Å². The monoisotopic (exact) mass is 313 g/mol. The van der Waals surface area contributed by atoms with Crippen LogP contribution in [0.2, 0.25) is 0 Å². The molecular formula is C15H11N3O5. The molecule has 0 aliphatic carbocycles. The highest BCUT2D eigenvalue weighted by Gasteiger charge is 2.16. The Morgan fingerprint density at radius 3 is 2.91 bits per heavy atom. The van der Waals surface area contributed by atoms with Crippen LogP contribution >= 0.6 is 0 Å². The van der Waals surface area contributed by atoms with E-state index >= 15 is 0 Å². The van der Waals surface area contributed by atoms with Gasteiger partial charge in [0.25, 0.3) is 0 Å². The third-order valence-corrected chi connectivity index (χ3v) is 3.26. The molecule has 0 radical (unpaired) electrons. The second kappa shape index (κ2) is 5.48. The van der Waals surface area contributed by atoms with Gasteiger partial charge in [-0.1, -0.05) is 10.3 Å². The van der Waals surface area contributed by atoms with Crippen molar-refractivity contribution < 1.29 is 23.3 Å². The van der Waals surface area contributed by atoms with Crippen molar-refractivity contribution >= 4 is 11.7 Å². The van der Waals surface area contributed by atoms with Gasteiger partial charge in [-0.25, -0.2) is 0 Å². The molecule has 0 bridgehead atoms. The molecule has 0 unspecified atom stereocenters. The summed E-state index contributed by atoms with van der Waals surface area (Å²) in [5.41, 5.74) is 1.31. The first-order valence-corrected chi connectivity index (χ1v) is 6.84. The first-order valence-electron chi connectivity index (χ1n) is 6.84. The van der Waals surface area contributed by atoms with Gasteiger partial charge in [0.05, 0.1) is 12.1 Å². The van der Waals surface area contributed by atoms with Crippen LogP contribution in [0.1, 0.15) is 5.69 Å². The molecular weight excluding hydrogens is 302 g/mol. The zero-order valence-corrected chi connectivity index (χ0v) is 11.8. The van der Waals surface area contributed by atoms with E-state index in [2.05, 4.69) is 20.2 Å². The fourth-order valence-electron chi connectivity index (χ4n) is 2.21. The summed E-state index contributed by atoms with van der Waals surface area (Å²) in [7, 11) is 0. The van der Waals surface area contributed by atoms with Crippen LogP contribution in [0.15, 0.2) is 45.6 Å². The zero-order valence-electron chi connectivity index (χ0n) is 11.8. The minimum Gasteiger partial charge on any atom is -0.454 e. The molecule has 0 saturated carbocycles. The number of nitrogens with zero attached hydrogens (tertiary/aromatic N) is 2. The summed E-state index contributed by atoms with van der Waals surface area (Å²) in [5, 5.41) is 10.1. The zero-order chi connectivity index (χ0) is 15.6. The number of aromatic nitrogens is 2. The summed E-state index contributed by atoms with van der Waals surface area (Å²) in [6.45, 7) is 0.211. The van der Waals surface area contributed by atoms with Gasteiger partial charge in [-0.3, -0.25) is 4.79 Å². The number of anilines is 1. The number of hydrogen-bond acceptors (Lipinski definition) is 7. The molecule has 8 heteroatoms. The van der Waals surface area contributed by atoms with Crippen LogP contribution in [0.4, 0.5) is 5.82 Å². The van der Waals surface area contributed by atoms with Crippen LogP contribution in [-0.2, 0) is 11.2 Å². The lowest BCUT2D eigenvalue weighted by molar-refractivity contribution is -0.115. The number of benzene rings is 1. The highest BCUT2D eigenvalue weighted by atomic mass is 16.7. The van der Waals surface area contributed by atoms with E-state index in [-0.39, 0.29) is 19.1 Å². The number of carbonyl (C=O) groups is 1. The number of hydrogen-bond donors (Lipinski definition) is 1. The Bertz CT molecular complexity index is 841. The predicted octanol–water partition coefficient (Wildman–Crippen LogP) is 2.24. The number of amides is 1. The van der Waals surface area contributed by atoms with Crippen LogP contribution in [-0.4, -0.2) is 23.0 Å². The number of carbonyl (C=O) groups excluding carboxylic acids is 1. The Morgan fingerprint density at radius 2 is 2.04 bits per heavy atom. The molecule has 1 aliphatic rings. The van der Waals surface area contributed by atoms with Gasteiger partial charge in [0.2, 0.25) is 12.7 Å². The molecule has 1 amide bonds. The Kier molecular flexibility index (Phi) is 3.19. The number of nitrogens with one attached hydrogen (secondary N) is 1. The van der Waals surface area contributed by atoms with Gasteiger partial charge < -0.3 is 23.8 Å². The van der Waals surface area contributed by atoms with Crippen LogP contribution in [0.25, 0.3) is 11.3 Å². The molecule has 0 atom stereocenters. The number of fused-ring (bicyclic) bond motifs is 1. The van der Waals surface area contributed by atoms with Crippen molar-refractivity contribution in [2.75, 3.05) is 12.1 Å². The molecule has 116 valence electrons. The van der Waals surface area contributed by atoms with Crippen LogP contribution < -0.4 is 14.8 Å². The highest BCUT2D eigenvalue weighted by Crippen LogP contribution is 2.36. The van der Waals surface area contributed by atoms with Crippen molar-refractivity contribution in [3.8, 4) is 22.8 Å². The molecule has 1 N–H and O–H groups in total. The Balaban J connectivity index is 1.47. The summed E-state index contributed by atoms with van der Waals surface area (Å²) in [6, 6.07) is 8.71. The quantitative estimate of drug-likeness (QED) is 0.788. The maximum Gasteiger partial charge on any atom is 0.231 e. The molecule has 3 aromatic rings. The maximum absolute atomic E-state index is 11.9. The summed E-state index contributed by atoms with van der Waals surface area (Å²) < 4.78 is 20.5. The van der Waals surface area contributed by atoms with Gasteiger partial charge in [0.1, 0.15) is 6.26 Å². The SMILES string of the molecule is O=C(Cc1cc(-c2ccc3c(c2)OCO3)on1)Nc1ccon1. The fourth-order valence-corrected chi connectivity index (χ4v) is 2.21. The lowest BCUT2D eigenvalue weighted by Crippen LogP contribution is -2.14. The van der Waals surface area contributed by atoms with E-state index in [9.17, 15) is 4.79 Å². The van der Waals surface area contributed by atoms with Gasteiger partial charge in [-0.2, -0.15) is 0 Å². The van der Waals surface area contributed by atoms with E-state index in [4.69, 9.17) is 14.0 Å². The molecule has 0 spiro atoms. The van der Waals surface area contributed by atoms with E-state index in [1.54, 1.807) is 18.2 Å². The number of rotatable bonds is 4. The van der Waals surface area contributed by atoms with E-state index in [1.165, 1.54) is 6.26 Å². The molecule has 0 fully saturated rings. The van der Waals surface area contributed by atoms with Gasteiger partial charge in [0, 0.05) is 17.7 Å². The molecule has 1 aromatic carbocycles. The predicted molar refractivity (Wildman–Crippen MR) is 76.9 cm³/mol. The number of ether oxygens (including phenoxy) is 2. The largest absolute Gasteiger partial charge is 0.454 e. The third kappa shape index (κ3) is 2.73. The normalized spacial score (nSPS) is 12.3. The molecule has 2 aromatic heterocycles. The summed E-state index contributed by atoms with van der Waals surface area (Å²) in [4.78, 5) is 11.9. The second-order valence-electron chi connectivity index (χ2n) is 4.86. The third-order valence-electron chi connectivity index (χ3n) is 3.26. The van der Waals surface area contributed by atoms with Crippen molar-refractivity contribution in [1.82, 2.24) is 10.3 Å². The van der Waals surface area contributed by atoms with Crippen LogP contribution in [0.3, 0.4) is 0 Å². The van der Waals surface area contributed by atoms with Crippen LogP contribution in [0, 0.1) is 0 Å². The Labute approximate surface area is 130 Å². The topological polar surface area (TPSA) is 99.6 Å². The van der Waals surface area contributed by atoms with Crippen molar-refractivity contribution in [3.05, 3.63) is 42.3 Å². The Morgan fingerprint density at radius 1 is 1.13 bits per heavy atom. The highest BCUT2D eigenvalue weighted by molar-refractivity contribution is 5.91. The van der Waals surface area contributed by atoms with Gasteiger partial charge in [0.15, 0.2) is 23.1 Å².